The Kier molecular flexibility index (Phi) is 3.92. The van der Waals surface area contributed by atoms with Gasteiger partial charge in [-0.3, -0.25) is 4.90 Å². The maximum absolute atomic E-state index is 6.20. The van der Waals surface area contributed by atoms with Gasteiger partial charge in [-0.1, -0.05) is 11.6 Å². The van der Waals surface area contributed by atoms with E-state index in [2.05, 4.69) is 24.2 Å². The summed E-state index contributed by atoms with van der Waals surface area (Å²) in [6.07, 6.45) is 0. The number of ether oxygens (including phenoxy) is 1. The molecule has 0 amide bonds. The number of halogens is 1. The van der Waals surface area contributed by atoms with Gasteiger partial charge in [-0.2, -0.15) is 0 Å². The lowest BCUT2D eigenvalue weighted by atomic mass is 9.98. The third-order valence-electron chi connectivity index (χ3n) is 3.41. The van der Waals surface area contributed by atoms with E-state index >= 15 is 0 Å². The number of rotatable bonds is 2. The molecule has 0 spiro atoms. The number of nitrogens with one attached hydrogen (secondary N) is 1. The maximum Gasteiger partial charge on any atom is 0.137 e. The highest BCUT2D eigenvalue weighted by Crippen LogP contribution is 2.32. The molecule has 1 unspecified atom stereocenters. The lowest BCUT2D eigenvalue weighted by molar-refractivity contribution is 0.201. The molecule has 0 bridgehead atoms. The molecule has 2 rings (SSSR count). The second-order valence-electron chi connectivity index (χ2n) is 4.54. The Balaban J connectivity index is 2.34. The van der Waals surface area contributed by atoms with Crippen molar-refractivity contribution in [2.45, 2.75) is 13.0 Å². The number of hydrogen-bond donors (Lipinski definition) is 1. The fraction of sp³-hybridized carbons (Fsp3) is 0.538. The number of hydrogen-bond acceptors (Lipinski definition) is 3. The molecule has 1 saturated heterocycles. The summed E-state index contributed by atoms with van der Waals surface area (Å²) in [4.78, 5) is 2.36. The van der Waals surface area contributed by atoms with E-state index in [1.54, 1.807) is 7.11 Å². The summed E-state index contributed by atoms with van der Waals surface area (Å²) >= 11 is 6.20. The van der Waals surface area contributed by atoms with Gasteiger partial charge in [0.05, 0.1) is 12.1 Å². The van der Waals surface area contributed by atoms with Crippen LogP contribution in [-0.2, 0) is 0 Å². The molecule has 1 heterocycles. The van der Waals surface area contributed by atoms with Crippen molar-refractivity contribution < 1.29 is 4.74 Å². The van der Waals surface area contributed by atoms with Gasteiger partial charge in [0.1, 0.15) is 5.75 Å². The third kappa shape index (κ3) is 2.57. The van der Waals surface area contributed by atoms with E-state index in [0.717, 1.165) is 25.4 Å². The van der Waals surface area contributed by atoms with Crippen LogP contribution in [0.3, 0.4) is 0 Å². The summed E-state index contributed by atoms with van der Waals surface area (Å²) in [5, 5.41) is 4.11. The topological polar surface area (TPSA) is 24.5 Å². The summed E-state index contributed by atoms with van der Waals surface area (Å²) < 4.78 is 5.23. The molecule has 0 saturated carbocycles. The minimum absolute atomic E-state index is 0.396. The molecule has 4 heteroatoms. The zero-order valence-electron chi connectivity index (χ0n) is 10.6. The summed E-state index contributed by atoms with van der Waals surface area (Å²) in [5.74, 6) is 0.749. The summed E-state index contributed by atoms with van der Waals surface area (Å²) in [6, 6.07) is 4.44. The highest BCUT2D eigenvalue weighted by molar-refractivity contribution is 6.32. The van der Waals surface area contributed by atoms with E-state index in [-0.39, 0.29) is 0 Å². The van der Waals surface area contributed by atoms with Gasteiger partial charge in [-0.25, -0.2) is 0 Å². The second-order valence-corrected chi connectivity index (χ2v) is 4.95. The van der Waals surface area contributed by atoms with Crippen molar-refractivity contribution in [3.8, 4) is 5.75 Å². The zero-order valence-corrected chi connectivity index (χ0v) is 11.3. The molecule has 1 aliphatic heterocycles. The molecule has 0 aromatic heterocycles. The fourth-order valence-corrected chi connectivity index (χ4v) is 2.59. The van der Waals surface area contributed by atoms with E-state index in [0.29, 0.717) is 11.1 Å². The quantitative estimate of drug-likeness (QED) is 0.876. The van der Waals surface area contributed by atoms with Gasteiger partial charge >= 0.3 is 0 Å². The SMILES string of the molecule is COc1cc(C)c(C2CNCCN2C)cc1Cl. The minimum atomic E-state index is 0.396. The molecule has 1 fully saturated rings. The Hall–Kier alpha value is -0.770. The highest BCUT2D eigenvalue weighted by Gasteiger charge is 2.22. The summed E-state index contributed by atoms with van der Waals surface area (Å²) in [5.41, 5.74) is 2.51. The predicted molar refractivity (Wildman–Crippen MR) is 71.0 cm³/mol. The van der Waals surface area contributed by atoms with Crippen molar-refractivity contribution in [1.82, 2.24) is 10.2 Å². The van der Waals surface area contributed by atoms with Crippen LogP contribution in [0.25, 0.3) is 0 Å². The van der Waals surface area contributed by atoms with Crippen molar-refractivity contribution in [3.05, 3.63) is 28.3 Å². The first-order valence-electron chi connectivity index (χ1n) is 5.88. The molecule has 3 nitrogen and oxygen atoms in total. The molecule has 94 valence electrons. The number of piperazine rings is 1. The van der Waals surface area contributed by atoms with Gasteiger partial charge in [0.15, 0.2) is 0 Å². The average molecular weight is 255 g/mol. The molecular weight excluding hydrogens is 236 g/mol. The van der Waals surface area contributed by atoms with Gasteiger partial charge in [-0.05, 0) is 37.2 Å². The van der Waals surface area contributed by atoms with Gasteiger partial charge < -0.3 is 10.1 Å². The maximum atomic E-state index is 6.20. The standard InChI is InChI=1S/C13H19ClN2O/c1-9-6-13(17-3)11(14)7-10(9)12-8-15-4-5-16(12)2/h6-7,12,15H,4-5,8H2,1-3H3. The lowest BCUT2D eigenvalue weighted by Crippen LogP contribution is -2.44. The Bertz CT molecular complexity index is 409. The van der Waals surface area contributed by atoms with Crippen LogP contribution in [-0.4, -0.2) is 38.7 Å². The zero-order chi connectivity index (χ0) is 12.4. The molecule has 17 heavy (non-hydrogen) atoms. The first kappa shape index (κ1) is 12.7. The van der Waals surface area contributed by atoms with E-state index in [1.807, 2.05) is 12.1 Å². The molecule has 1 atom stereocenters. The van der Waals surface area contributed by atoms with Crippen LogP contribution in [0.15, 0.2) is 12.1 Å². The van der Waals surface area contributed by atoms with Gasteiger partial charge in [-0.15, -0.1) is 0 Å². The number of methoxy groups -OCH3 is 1. The van der Waals surface area contributed by atoms with Crippen LogP contribution in [0.1, 0.15) is 17.2 Å². The number of likely N-dealkylation sites (N-methyl/N-ethyl adjacent to an activating group) is 1. The van der Waals surface area contributed by atoms with Crippen molar-refractivity contribution in [2.24, 2.45) is 0 Å². The van der Waals surface area contributed by atoms with Crippen LogP contribution in [0.4, 0.5) is 0 Å². The third-order valence-corrected chi connectivity index (χ3v) is 3.71. The number of aryl methyl sites for hydroxylation is 1. The van der Waals surface area contributed by atoms with Crippen molar-refractivity contribution in [1.29, 1.82) is 0 Å². The van der Waals surface area contributed by atoms with Gasteiger partial charge in [0.2, 0.25) is 0 Å². The first-order chi connectivity index (χ1) is 8.13. The first-order valence-corrected chi connectivity index (χ1v) is 6.26. The Labute approximate surface area is 108 Å². The molecule has 0 aliphatic carbocycles. The monoisotopic (exact) mass is 254 g/mol. The van der Waals surface area contributed by atoms with Crippen LogP contribution in [0.5, 0.6) is 5.75 Å². The van der Waals surface area contributed by atoms with Crippen molar-refractivity contribution in [3.63, 3.8) is 0 Å². The second kappa shape index (κ2) is 5.25. The normalized spacial score (nSPS) is 21.5. The van der Waals surface area contributed by atoms with Crippen LogP contribution >= 0.6 is 11.6 Å². The Morgan fingerprint density at radius 3 is 2.88 bits per heavy atom. The number of benzene rings is 1. The summed E-state index contributed by atoms with van der Waals surface area (Å²) in [7, 11) is 3.80. The highest BCUT2D eigenvalue weighted by atomic mass is 35.5. The minimum Gasteiger partial charge on any atom is -0.495 e. The number of nitrogens with zero attached hydrogens (tertiary/aromatic N) is 1. The predicted octanol–water partition coefficient (Wildman–Crippen LogP) is 2.23. The van der Waals surface area contributed by atoms with E-state index in [1.165, 1.54) is 11.1 Å². The van der Waals surface area contributed by atoms with Crippen molar-refractivity contribution >= 4 is 11.6 Å². The van der Waals surface area contributed by atoms with Crippen molar-refractivity contribution in [2.75, 3.05) is 33.8 Å². The molecular formula is C13H19ClN2O. The molecule has 1 aromatic carbocycles. The Morgan fingerprint density at radius 2 is 2.24 bits per heavy atom. The van der Waals surface area contributed by atoms with E-state index < -0.39 is 0 Å². The summed E-state index contributed by atoms with van der Waals surface area (Å²) in [6.45, 7) is 5.19. The van der Waals surface area contributed by atoms with Crippen LogP contribution in [0.2, 0.25) is 5.02 Å². The fourth-order valence-electron chi connectivity index (χ4n) is 2.34. The lowest BCUT2D eigenvalue weighted by Gasteiger charge is -2.34. The molecule has 0 radical (unpaired) electrons. The molecule has 1 N–H and O–H groups in total. The van der Waals surface area contributed by atoms with Crippen LogP contribution in [0, 0.1) is 6.92 Å². The van der Waals surface area contributed by atoms with Gasteiger partial charge in [0, 0.05) is 25.7 Å². The van der Waals surface area contributed by atoms with E-state index in [9.17, 15) is 0 Å². The smallest absolute Gasteiger partial charge is 0.137 e. The largest absolute Gasteiger partial charge is 0.495 e. The van der Waals surface area contributed by atoms with Gasteiger partial charge in [0.25, 0.3) is 0 Å². The molecule has 1 aliphatic rings. The molecule has 1 aromatic rings. The van der Waals surface area contributed by atoms with E-state index in [4.69, 9.17) is 16.3 Å². The Morgan fingerprint density at radius 1 is 1.47 bits per heavy atom. The van der Waals surface area contributed by atoms with Crippen LogP contribution < -0.4 is 10.1 Å². The average Bonchev–Trinajstić information content (AvgIpc) is 2.32.